The van der Waals surface area contributed by atoms with Crippen molar-refractivity contribution < 1.29 is 9.90 Å². The molecule has 0 spiro atoms. The summed E-state index contributed by atoms with van der Waals surface area (Å²) in [7, 11) is 0. The van der Waals surface area contributed by atoms with Crippen LogP contribution in [-0.4, -0.2) is 20.6 Å². The summed E-state index contributed by atoms with van der Waals surface area (Å²) in [6.45, 7) is 1.89. The molecule has 1 heterocycles. The Labute approximate surface area is 93.2 Å². The first-order chi connectivity index (χ1) is 7.68. The Balaban J connectivity index is 2.48. The maximum absolute atomic E-state index is 10.8. The van der Waals surface area contributed by atoms with Crippen molar-refractivity contribution in [2.45, 2.75) is 13.3 Å². The van der Waals surface area contributed by atoms with Crippen LogP contribution in [0, 0.1) is 6.92 Å². The second kappa shape index (κ2) is 4.18. The van der Waals surface area contributed by atoms with E-state index in [-0.39, 0.29) is 6.42 Å². The lowest BCUT2D eigenvalue weighted by Gasteiger charge is -2.09. The zero-order valence-corrected chi connectivity index (χ0v) is 8.92. The van der Waals surface area contributed by atoms with E-state index < -0.39 is 5.97 Å². The first kappa shape index (κ1) is 10.4. The summed E-state index contributed by atoms with van der Waals surface area (Å²) in [5.74, 6) is 0.0167. The second-order valence-electron chi connectivity index (χ2n) is 3.54. The molecule has 0 bridgehead atoms. The number of aryl methyl sites for hydroxylation is 1. The number of carboxylic acid groups (broad SMARTS) is 1. The van der Waals surface area contributed by atoms with Gasteiger partial charge < -0.3 is 9.67 Å². The number of carbonyl (C=O) groups is 1. The molecule has 0 amide bonds. The molecule has 0 unspecified atom stereocenters. The number of carboxylic acids is 1. The van der Waals surface area contributed by atoms with E-state index in [0.717, 1.165) is 17.1 Å². The molecular weight excluding hydrogens is 204 g/mol. The highest BCUT2D eigenvalue weighted by Gasteiger charge is 2.08. The molecule has 16 heavy (non-hydrogen) atoms. The van der Waals surface area contributed by atoms with E-state index in [4.69, 9.17) is 5.11 Å². The van der Waals surface area contributed by atoms with Crippen LogP contribution < -0.4 is 0 Å². The first-order valence-electron chi connectivity index (χ1n) is 4.98. The summed E-state index contributed by atoms with van der Waals surface area (Å²) in [5.41, 5.74) is 1.66. The number of aromatic nitrogens is 2. The summed E-state index contributed by atoms with van der Waals surface area (Å²) >= 11 is 0. The largest absolute Gasteiger partial charge is 0.481 e. The molecule has 4 nitrogen and oxygen atoms in total. The Hall–Kier alpha value is -2.10. The van der Waals surface area contributed by atoms with Gasteiger partial charge in [0.2, 0.25) is 0 Å². The van der Waals surface area contributed by atoms with Crippen molar-refractivity contribution in [2.75, 3.05) is 0 Å². The van der Waals surface area contributed by atoms with Crippen LogP contribution in [0.2, 0.25) is 0 Å². The van der Waals surface area contributed by atoms with E-state index in [2.05, 4.69) is 4.98 Å². The lowest BCUT2D eigenvalue weighted by Crippen LogP contribution is -2.06. The number of benzene rings is 1. The average molecular weight is 216 g/mol. The van der Waals surface area contributed by atoms with Gasteiger partial charge in [-0.2, -0.15) is 0 Å². The van der Waals surface area contributed by atoms with Gasteiger partial charge in [-0.1, -0.05) is 18.2 Å². The molecule has 82 valence electrons. The van der Waals surface area contributed by atoms with Crippen LogP contribution in [0.25, 0.3) is 5.69 Å². The molecule has 0 saturated heterocycles. The van der Waals surface area contributed by atoms with E-state index in [1.54, 1.807) is 6.20 Å². The Morgan fingerprint density at radius 3 is 2.81 bits per heavy atom. The Morgan fingerprint density at radius 2 is 2.19 bits per heavy atom. The van der Waals surface area contributed by atoms with E-state index in [9.17, 15) is 4.79 Å². The highest BCUT2D eigenvalue weighted by atomic mass is 16.4. The summed E-state index contributed by atoms with van der Waals surface area (Å²) in [5, 5.41) is 8.83. The summed E-state index contributed by atoms with van der Waals surface area (Å²) in [6, 6.07) is 7.45. The van der Waals surface area contributed by atoms with Gasteiger partial charge in [-0.3, -0.25) is 4.79 Å². The Bertz CT molecular complexity index is 517. The topological polar surface area (TPSA) is 55.1 Å². The maximum atomic E-state index is 10.8. The van der Waals surface area contributed by atoms with Crippen molar-refractivity contribution in [3.63, 3.8) is 0 Å². The van der Waals surface area contributed by atoms with Gasteiger partial charge in [-0.05, 0) is 18.6 Å². The van der Waals surface area contributed by atoms with Gasteiger partial charge in [0.05, 0.1) is 12.1 Å². The van der Waals surface area contributed by atoms with Crippen molar-refractivity contribution in [3.8, 4) is 5.69 Å². The summed E-state index contributed by atoms with van der Waals surface area (Å²) in [4.78, 5) is 14.9. The summed E-state index contributed by atoms with van der Waals surface area (Å²) < 4.78 is 1.89. The molecule has 0 aliphatic heterocycles. The predicted molar refractivity (Wildman–Crippen MR) is 59.6 cm³/mol. The normalized spacial score (nSPS) is 10.3. The monoisotopic (exact) mass is 216 g/mol. The van der Waals surface area contributed by atoms with Crippen LogP contribution in [0.5, 0.6) is 0 Å². The number of hydrogen-bond acceptors (Lipinski definition) is 2. The van der Waals surface area contributed by atoms with Crippen LogP contribution >= 0.6 is 0 Å². The SMILES string of the molecule is Cc1nccn1-c1ccccc1CC(=O)O. The molecule has 0 fully saturated rings. The highest BCUT2D eigenvalue weighted by molar-refractivity contribution is 5.71. The minimum Gasteiger partial charge on any atom is -0.481 e. The quantitative estimate of drug-likeness (QED) is 0.851. The average Bonchev–Trinajstić information content (AvgIpc) is 2.64. The number of imidazole rings is 1. The Kier molecular flexibility index (Phi) is 2.72. The second-order valence-corrected chi connectivity index (χ2v) is 3.54. The molecular formula is C12H12N2O2. The molecule has 0 atom stereocenters. The number of aliphatic carboxylic acids is 1. The minimum atomic E-state index is -0.829. The van der Waals surface area contributed by atoms with Gasteiger partial charge in [-0.25, -0.2) is 4.98 Å². The van der Waals surface area contributed by atoms with Gasteiger partial charge >= 0.3 is 5.97 Å². The zero-order valence-electron chi connectivity index (χ0n) is 8.92. The molecule has 2 rings (SSSR count). The molecule has 1 aromatic carbocycles. The number of hydrogen-bond donors (Lipinski definition) is 1. The molecule has 0 aliphatic carbocycles. The first-order valence-corrected chi connectivity index (χ1v) is 4.98. The highest BCUT2D eigenvalue weighted by Crippen LogP contribution is 2.16. The fourth-order valence-corrected chi connectivity index (χ4v) is 1.69. The van der Waals surface area contributed by atoms with Crippen LogP contribution in [0.1, 0.15) is 11.4 Å². The van der Waals surface area contributed by atoms with Crippen molar-refractivity contribution in [3.05, 3.63) is 48.0 Å². The standard InChI is InChI=1S/C12H12N2O2/c1-9-13-6-7-14(9)11-5-3-2-4-10(11)8-12(15)16/h2-7H,8H2,1H3,(H,15,16). The van der Waals surface area contributed by atoms with E-state index in [1.807, 2.05) is 42.0 Å². The minimum absolute atomic E-state index is 0.0216. The molecule has 0 saturated carbocycles. The van der Waals surface area contributed by atoms with Crippen LogP contribution in [0.15, 0.2) is 36.7 Å². The van der Waals surface area contributed by atoms with Gasteiger partial charge in [0.1, 0.15) is 5.82 Å². The smallest absolute Gasteiger partial charge is 0.307 e. The van der Waals surface area contributed by atoms with Gasteiger partial charge in [0, 0.05) is 12.4 Å². The lowest BCUT2D eigenvalue weighted by atomic mass is 10.1. The molecule has 0 radical (unpaired) electrons. The predicted octanol–water partition coefficient (Wildman–Crippen LogP) is 1.81. The molecule has 4 heteroatoms. The van der Waals surface area contributed by atoms with Crippen molar-refractivity contribution >= 4 is 5.97 Å². The van der Waals surface area contributed by atoms with Crippen LogP contribution in [0.4, 0.5) is 0 Å². The van der Waals surface area contributed by atoms with Crippen molar-refractivity contribution in [1.29, 1.82) is 0 Å². The van der Waals surface area contributed by atoms with Gasteiger partial charge in [-0.15, -0.1) is 0 Å². The number of para-hydroxylation sites is 1. The van der Waals surface area contributed by atoms with Crippen LogP contribution in [-0.2, 0) is 11.2 Å². The van der Waals surface area contributed by atoms with Crippen molar-refractivity contribution in [2.24, 2.45) is 0 Å². The lowest BCUT2D eigenvalue weighted by molar-refractivity contribution is -0.136. The third-order valence-corrected chi connectivity index (χ3v) is 2.42. The maximum Gasteiger partial charge on any atom is 0.307 e. The van der Waals surface area contributed by atoms with Gasteiger partial charge in [0.15, 0.2) is 0 Å². The fourth-order valence-electron chi connectivity index (χ4n) is 1.69. The third kappa shape index (κ3) is 1.95. The Morgan fingerprint density at radius 1 is 1.44 bits per heavy atom. The van der Waals surface area contributed by atoms with E-state index in [1.165, 1.54) is 0 Å². The third-order valence-electron chi connectivity index (χ3n) is 2.42. The van der Waals surface area contributed by atoms with Crippen LogP contribution in [0.3, 0.4) is 0 Å². The van der Waals surface area contributed by atoms with E-state index >= 15 is 0 Å². The molecule has 2 aromatic rings. The van der Waals surface area contributed by atoms with E-state index in [0.29, 0.717) is 0 Å². The summed E-state index contributed by atoms with van der Waals surface area (Å²) in [6.07, 6.45) is 3.55. The molecule has 1 aromatic heterocycles. The van der Waals surface area contributed by atoms with Gasteiger partial charge in [0.25, 0.3) is 0 Å². The number of nitrogens with zero attached hydrogens (tertiary/aromatic N) is 2. The zero-order chi connectivity index (χ0) is 11.5. The number of rotatable bonds is 3. The molecule has 1 N–H and O–H groups in total. The van der Waals surface area contributed by atoms with Crippen molar-refractivity contribution in [1.82, 2.24) is 9.55 Å². The fraction of sp³-hybridized carbons (Fsp3) is 0.167. The molecule has 0 aliphatic rings.